The maximum atomic E-state index is 11.2. The fourth-order valence-electron chi connectivity index (χ4n) is 2.92. The summed E-state index contributed by atoms with van der Waals surface area (Å²) in [4.78, 5) is 21.7. The van der Waals surface area contributed by atoms with Gasteiger partial charge < -0.3 is 15.8 Å². The lowest BCUT2D eigenvalue weighted by molar-refractivity contribution is -0.385. The number of hydrogen-bond acceptors (Lipinski definition) is 5. The van der Waals surface area contributed by atoms with Gasteiger partial charge in [0.15, 0.2) is 5.75 Å². The summed E-state index contributed by atoms with van der Waals surface area (Å²) in [7, 11) is 0. The van der Waals surface area contributed by atoms with Gasteiger partial charge in [-0.2, -0.15) is 0 Å². The molecule has 3 N–H and O–H groups in total. The van der Waals surface area contributed by atoms with Crippen molar-refractivity contribution < 1.29 is 14.5 Å². The first-order valence-corrected chi connectivity index (χ1v) is 9.46. The van der Waals surface area contributed by atoms with Crippen LogP contribution < -0.4 is 15.8 Å². The van der Waals surface area contributed by atoms with Gasteiger partial charge in [0.2, 0.25) is 5.91 Å². The van der Waals surface area contributed by atoms with Gasteiger partial charge in [-0.25, -0.2) is 0 Å². The van der Waals surface area contributed by atoms with Crippen molar-refractivity contribution in [3.8, 4) is 5.75 Å². The Morgan fingerprint density at radius 2 is 1.93 bits per heavy atom. The van der Waals surface area contributed by atoms with Gasteiger partial charge >= 0.3 is 5.69 Å². The first-order chi connectivity index (χ1) is 13.5. The maximum Gasteiger partial charge on any atom is 0.311 e. The SMILES string of the molecule is CCc1cccc(CCCNCCOc2ccc(CC(N)=O)cc2[N+](=O)[O-])c1. The number of amides is 1. The molecule has 0 fully saturated rings. The Hall–Kier alpha value is -2.93. The summed E-state index contributed by atoms with van der Waals surface area (Å²) in [5.41, 5.74) is 8.16. The van der Waals surface area contributed by atoms with Crippen LogP contribution in [0.15, 0.2) is 42.5 Å². The zero-order valence-electron chi connectivity index (χ0n) is 16.1. The molecule has 0 aliphatic carbocycles. The standard InChI is InChI=1S/C21H27N3O4/c1-2-16-5-3-6-17(13-16)7-4-10-23-11-12-28-20-9-8-18(15-21(22)25)14-19(20)24(26)27/h3,5-6,8-9,13-14,23H,2,4,7,10-12,15H2,1H3,(H2,22,25). The third kappa shape index (κ3) is 7.00. The van der Waals surface area contributed by atoms with E-state index in [4.69, 9.17) is 10.5 Å². The molecule has 0 heterocycles. The molecule has 0 radical (unpaired) electrons. The number of nitrogens with two attached hydrogens (primary N) is 1. The van der Waals surface area contributed by atoms with Gasteiger partial charge in [-0.05, 0) is 48.6 Å². The van der Waals surface area contributed by atoms with Crippen LogP contribution in [-0.2, 0) is 24.1 Å². The molecule has 7 heteroatoms. The minimum Gasteiger partial charge on any atom is -0.485 e. The fourth-order valence-corrected chi connectivity index (χ4v) is 2.92. The molecule has 28 heavy (non-hydrogen) atoms. The zero-order valence-corrected chi connectivity index (χ0v) is 16.1. The van der Waals surface area contributed by atoms with Crippen LogP contribution in [0.1, 0.15) is 30.0 Å². The van der Waals surface area contributed by atoms with Gasteiger partial charge in [0.25, 0.3) is 0 Å². The summed E-state index contributed by atoms with van der Waals surface area (Å²) in [6.07, 6.45) is 3.02. The molecule has 2 rings (SSSR count). The molecule has 1 amide bonds. The zero-order chi connectivity index (χ0) is 20.4. The fraction of sp³-hybridized carbons (Fsp3) is 0.381. The van der Waals surface area contributed by atoms with Gasteiger partial charge in [0.1, 0.15) is 6.61 Å². The highest BCUT2D eigenvalue weighted by Crippen LogP contribution is 2.28. The molecule has 0 saturated heterocycles. The molecule has 0 spiro atoms. The van der Waals surface area contributed by atoms with Gasteiger partial charge in [-0.3, -0.25) is 14.9 Å². The molecule has 0 atom stereocenters. The van der Waals surface area contributed by atoms with Crippen LogP contribution in [0.25, 0.3) is 0 Å². The Morgan fingerprint density at radius 1 is 1.14 bits per heavy atom. The summed E-state index contributed by atoms with van der Waals surface area (Å²) in [5, 5.41) is 14.5. The van der Waals surface area contributed by atoms with Crippen LogP contribution in [0.3, 0.4) is 0 Å². The number of carbonyl (C=O) groups is 1. The average molecular weight is 385 g/mol. The minimum absolute atomic E-state index is 0.0379. The van der Waals surface area contributed by atoms with E-state index in [1.807, 2.05) is 0 Å². The normalized spacial score (nSPS) is 10.6. The largest absolute Gasteiger partial charge is 0.485 e. The van der Waals surface area contributed by atoms with E-state index < -0.39 is 10.8 Å². The first-order valence-electron chi connectivity index (χ1n) is 9.46. The third-order valence-corrected chi connectivity index (χ3v) is 4.35. The molecular formula is C21H27N3O4. The Kier molecular flexibility index (Phi) is 8.42. The van der Waals surface area contributed by atoms with E-state index in [1.165, 1.54) is 23.3 Å². The lowest BCUT2D eigenvalue weighted by Crippen LogP contribution is -2.22. The summed E-state index contributed by atoms with van der Waals surface area (Å²) in [6.45, 7) is 3.91. The van der Waals surface area contributed by atoms with Crippen LogP contribution in [0, 0.1) is 10.1 Å². The monoisotopic (exact) mass is 385 g/mol. The predicted molar refractivity (Wildman–Crippen MR) is 109 cm³/mol. The van der Waals surface area contributed by atoms with Crippen molar-refractivity contribution in [2.45, 2.75) is 32.6 Å². The van der Waals surface area contributed by atoms with Crippen molar-refractivity contribution in [1.82, 2.24) is 5.32 Å². The van der Waals surface area contributed by atoms with Crippen molar-refractivity contribution in [1.29, 1.82) is 0 Å². The van der Waals surface area contributed by atoms with Crippen LogP contribution in [0.4, 0.5) is 5.69 Å². The van der Waals surface area contributed by atoms with E-state index in [9.17, 15) is 14.9 Å². The van der Waals surface area contributed by atoms with Crippen molar-refractivity contribution in [2.75, 3.05) is 19.7 Å². The van der Waals surface area contributed by atoms with Crippen molar-refractivity contribution in [3.63, 3.8) is 0 Å². The second-order valence-corrected chi connectivity index (χ2v) is 6.58. The number of hydrogen-bond donors (Lipinski definition) is 2. The Labute approximate surface area is 165 Å². The van der Waals surface area contributed by atoms with Gasteiger partial charge in [-0.15, -0.1) is 0 Å². The summed E-state index contributed by atoms with van der Waals surface area (Å²) < 4.78 is 5.53. The van der Waals surface area contributed by atoms with Crippen LogP contribution in [0.5, 0.6) is 5.75 Å². The molecule has 7 nitrogen and oxygen atoms in total. The molecule has 0 saturated carbocycles. The lowest BCUT2D eigenvalue weighted by atomic mass is 10.1. The maximum absolute atomic E-state index is 11.2. The van der Waals surface area contributed by atoms with E-state index in [0.717, 1.165) is 25.8 Å². The predicted octanol–water partition coefficient (Wildman–Crippen LogP) is 2.79. The quantitative estimate of drug-likeness (QED) is 0.332. The number of aryl methyl sites for hydroxylation is 2. The molecule has 0 aliphatic heterocycles. The first kappa shape index (κ1) is 21.4. The van der Waals surface area contributed by atoms with Crippen molar-refractivity contribution in [3.05, 3.63) is 69.3 Å². The highest BCUT2D eigenvalue weighted by molar-refractivity contribution is 5.77. The number of ether oxygens (including phenoxy) is 1. The Morgan fingerprint density at radius 3 is 2.64 bits per heavy atom. The molecule has 2 aromatic carbocycles. The number of benzene rings is 2. The van der Waals surface area contributed by atoms with Crippen molar-refractivity contribution in [2.24, 2.45) is 5.73 Å². The summed E-state index contributed by atoms with van der Waals surface area (Å²) in [5.74, 6) is -0.343. The third-order valence-electron chi connectivity index (χ3n) is 4.35. The second kappa shape index (κ2) is 11.0. The minimum atomic E-state index is -0.534. The number of nitro benzene ring substituents is 1. The molecule has 150 valence electrons. The highest BCUT2D eigenvalue weighted by atomic mass is 16.6. The number of nitrogens with one attached hydrogen (secondary N) is 1. The molecule has 0 bridgehead atoms. The summed E-state index contributed by atoms with van der Waals surface area (Å²) >= 11 is 0. The second-order valence-electron chi connectivity index (χ2n) is 6.58. The summed E-state index contributed by atoms with van der Waals surface area (Å²) in [6, 6.07) is 13.1. The topological polar surface area (TPSA) is 107 Å². The number of rotatable bonds is 12. The number of carbonyl (C=O) groups excluding carboxylic acids is 1. The van der Waals surface area contributed by atoms with Crippen LogP contribution in [0.2, 0.25) is 0 Å². The van der Waals surface area contributed by atoms with Crippen LogP contribution >= 0.6 is 0 Å². The van der Waals surface area contributed by atoms with E-state index in [1.54, 1.807) is 6.07 Å². The molecule has 0 unspecified atom stereocenters. The van der Waals surface area contributed by atoms with E-state index in [-0.39, 0.29) is 17.9 Å². The number of nitro groups is 1. The number of nitrogens with zero attached hydrogens (tertiary/aromatic N) is 1. The van der Waals surface area contributed by atoms with E-state index in [2.05, 4.69) is 36.5 Å². The Bertz CT molecular complexity index is 808. The number of primary amides is 1. The highest BCUT2D eigenvalue weighted by Gasteiger charge is 2.16. The lowest BCUT2D eigenvalue weighted by Gasteiger charge is -2.09. The van der Waals surface area contributed by atoms with Crippen molar-refractivity contribution >= 4 is 11.6 Å². The van der Waals surface area contributed by atoms with Gasteiger partial charge in [-0.1, -0.05) is 37.3 Å². The molecule has 2 aromatic rings. The van der Waals surface area contributed by atoms with E-state index in [0.29, 0.717) is 18.7 Å². The Balaban J connectivity index is 1.72. The molecular weight excluding hydrogens is 358 g/mol. The average Bonchev–Trinajstić information content (AvgIpc) is 2.67. The van der Waals surface area contributed by atoms with E-state index >= 15 is 0 Å². The smallest absolute Gasteiger partial charge is 0.311 e. The molecule has 0 aromatic heterocycles. The van der Waals surface area contributed by atoms with Gasteiger partial charge in [0, 0.05) is 12.6 Å². The molecule has 0 aliphatic rings. The van der Waals surface area contributed by atoms with Crippen LogP contribution in [-0.4, -0.2) is 30.5 Å². The van der Waals surface area contributed by atoms with Gasteiger partial charge in [0.05, 0.1) is 11.3 Å².